The van der Waals surface area contributed by atoms with E-state index in [1.807, 2.05) is 53.4 Å². The van der Waals surface area contributed by atoms with E-state index in [1.54, 1.807) is 30.3 Å². The summed E-state index contributed by atoms with van der Waals surface area (Å²) in [7, 11) is 0. The van der Waals surface area contributed by atoms with Crippen LogP contribution in [0.15, 0.2) is 223 Å². The van der Waals surface area contributed by atoms with Crippen molar-refractivity contribution < 1.29 is 17.6 Å². The van der Waals surface area contributed by atoms with E-state index in [1.165, 1.54) is 30.3 Å². The predicted octanol–water partition coefficient (Wildman–Crippen LogP) is 16.8. The second-order valence-electron chi connectivity index (χ2n) is 16.9. The number of furan rings is 1. The monoisotopic (exact) mass is 860 g/mol. The van der Waals surface area contributed by atoms with Gasteiger partial charge in [0.15, 0.2) is 5.58 Å². The molecule has 316 valence electrons. The summed E-state index contributed by atoms with van der Waals surface area (Å²) in [4.78, 5) is 4.12. The Balaban J connectivity index is 1.30. The van der Waals surface area contributed by atoms with Gasteiger partial charge in [0.05, 0.1) is 16.8 Å². The zero-order chi connectivity index (χ0) is 44.5. The third kappa shape index (κ3) is 6.06. The van der Waals surface area contributed by atoms with Crippen molar-refractivity contribution in [2.24, 2.45) is 0 Å². The third-order valence-corrected chi connectivity index (χ3v) is 13.1. The van der Waals surface area contributed by atoms with Crippen LogP contribution in [0, 0.1) is 24.4 Å². The third-order valence-electron chi connectivity index (χ3n) is 13.1. The van der Waals surface area contributed by atoms with Gasteiger partial charge in [0, 0.05) is 38.9 Å². The lowest BCUT2D eigenvalue weighted by Gasteiger charge is -2.36. The molecule has 0 N–H and O–H groups in total. The molecule has 11 aromatic rings. The molecule has 1 heterocycles. The van der Waals surface area contributed by atoms with Crippen molar-refractivity contribution in [2.75, 3.05) is 9.80 Å². The highest BCUT2D eigenvalue weighted by molar-refractivity contribution is 6.23. The first kappa shape index (κ1) is 39.3. The molecule has 12 rings (SSSR count). The summed E-state index contributed by atoms with van der Waals surface area (Å²) in [6.07, 6.45) is 0. The maximum atomic E-state index is 15.5. The number of anilines is 6. The van der Waals surface area contributed by atoms with Crippen molar-refractivity contribution in [2.45, 2.75) is 12.3 Å². The van der Waals surface area contributed by atoms with Crippen LogP contribution in [-0.2, 0) is 5.41 Å². The molecule has 6 heteroatoms. The summed E-state index contributed by atoms with van der Waals surface area (Å²) in [6.45, 7) is 2.05. The van der Waals surface area contributed by atoms with Gasteiger partial charge in [-0.2, -0.15) is 0 Å². The van der Waals surface area contributed by atoms with E-state index in [-0.39, 0.29) is 11.6 Å². The Hall–Kier alpha value is -8.35. The lowest BCUT2D eigenvalue weighted by atomic mass is 9.67. The fraction of sp³-hybridized carbons (Fsp3) is 0.0333. The minimum absolute atomic E-state index is 0.357. The molecule has 0 saturated heterocycles. The van der Waals surface area contributed by atoms with Gasteiger partial charge in [-0.25, -0.2) is 13.2 Å². The van der Waals surface area contributed by atoms with Gasteiger partial charge in [-0.1, -0.05) is 133 Å². The first-order valence-electron chi connectivity index (χ1n) is 22.0. The number of rotatable bonds is 8. The zero-order valence-corrected chi connectivity index (χ0v) is 35.7. The number of fused-ring (bicyclic) bond motifs is 9. The lowest BCUT2D eigenvalue weighted by molar-refractivity contribution is 0.627. The Labute approximate surface area is 379 Å². The average Bonchev–Trinajstić information content (AvgIpc) is 3.88. The van der Waals surface area contributed by atoms with Gasteiger partial charge in [0.2, 0.25) is 0 Å². The van der Waals surface area contributed by atoms with E-state index in [4.69, 9.17) is 4.42 Å². The molecule has 0 aliphatic heterocycles. The van der Waals surface area contributed by atoms with Crippen LogP contribution in [-0.4, -0.2) is 0 Å². The molecule has 0 amide bonds. The summed E-state index contributed by atoms with van der Waals surface area (Å²) in [5, 5.41) is 3.76. The van der Waals surface area contributed by atoms with Gasteiger partial charge < -0.3 is 14.2 Å². The highest BCUT2D eigenvalue weighted by Crippen LogP contribution is 2.63. The molecule has 0 unspecified atom stereocenters. The predicted molar refractivity (Wildman–Crippen MR) is 263 cm³/mol. The molecule has 0 spiro atoms. The second-order valence-corrected chi connectivity index (χ2v) is 16.9. The number of hydrogen-bond acceptors (Lipinski definition) is 3. The number of benzene rings is 10. The highest BCUT2D eigenvalue weighted by atomic mass is 19.1. The molecule has 1 aliphatic carbocycles. The zero-order valence-electron chi connectivity index (χ0n) is 35.7. The Morgan fingerprint density at radius 1 is 0.394 bits per heavy atom. The molecule has 1 aromatic heterocycles. The SMILES string of the molecule is Cc1ccc(N(c2cccc(F)c2)c2cc3c(c4c2oc2ccccc24)-c2c(cc(N(c4ccc(F)cc4)c4cccc(F)c4)c4ccccc24)C3(c2ccccc2)c2ccccc2)cc1. The normalized spacial score (nSPS) is 12.7. The van der Waals surface area contributed by atoms with Crippen molar-refractivity contribution in [1.29, 1.82) is 0 Å². The van der Waals surface area contributed by atoms with Crippen LogP contribution >= 0.6 is 0 Å². The minimum atomic E-state index is -0.968. The van der Waals surface area contributed by atoms with E-state index in [0.29, 0.717) is 22.6 Å². The van der Waals surface area contributed by atoms with Crippen LogP contribution < -0.4 is 9.80 Å². The highest BCUT2D eigenvalue weighted by Gasteiger charge is 2.49. The van der Waals surface area contributed by atoms with E-state index in [0.717, 1.165) is 83.1 Å². The Bertz CT molecular complexity index is 3600. The van der Waals surface area contributed by atoms with Gasteiger partial charge in [0.1, 0.15) is 23.0 Å². The number of hydrogen-bond donors (Lipinski definition) is 0. The van der Waals surface area contributed by atoms with Crippen molar-refractivity contribution in [1.82, 2.24) is 0 Å². The largest absolute Gasteiger partial charge is 0.454 e. The van der Waals surface area contributed by atoms with Gasteiger partial charge in [0.25, 0.3) is 0 Å². The summed E-state index contributed by atoms with van der Waals surface area (Å²) in [5.74, 6) is -1.12. The number of aryl methyl sites for hydroxylation is 1. The van der Waals surface area contributed by atoms with E-state index < -0.39 is 11.2 Å². The van der Waals surface area contributed by atoms with Crippen LogP contribution in [0.2, 0.25) is 0 Å². The summed E-state index contributed by atoms with van der Waals surface area (Å²) >= 11 is 0. The minimum Gasteiger partial charge on any atom is -0.454 e. The lowest BCUT2D eigenvalue weighted by Crippen LogP contribution is -2.29. The summed E-state index contributed by atoms with van der Waals surface area (Å²) < 4.78 is 52.7. The molecule has 1 aliphatic rings. The molecule has 66 heavy (non-hydrogen) atoms. The molecule has 10 aromatic carbocycles. The van der Waals surface area contributed by atoms with Gasteiger partial charge in [-0.05, 0) is 137 Å². The molecular weight excluding hydrogens is 822 g/mol. The Morgan fingerprint density at radius 3 is 1.50 bits per heavy atom. The van der Waals surface area contributed by atoms with Gasteiger partial charge >= 0.3 is 0 Å². The van der Waals surface area contributed by atoms with Crippen molar-refractivity contribution in [3.8, 4) is 11.1 Å². The van der Waals surface area contributed by atoms with Crippen LogP contribution in [0.3, 0.4) is 0 Å². The average molecular weight is 861 g/mol. The number of para-hydroxylation sites is 1. The molecule has 0 radical (unpaired) electrons. The van der Waals surface area contributed by atoms with E-state index in [9.17, 15) is 4.39 Å². The van der Waals surface area contributed by atoms with Crippen molar-refractivity contribution >= 4 is 66.8 Å². The Kier molecular flexibility index (Phi) is 9.17. The van der Waals surface area contributed by atoms with Gasteiger partial charge in [-0.3, -0.25) is 0 Å². The van der Waals surface area contributed by atoms with Crippen LogP contribution in [0.1, 0.15) is 27.8 Å². The van der Waals surface area contributed by atoms with Crippen molar-refractivity contribution in [3.05, 3.63) is 264 Å². The maximum absolute atomic E-state index is 15.5. The number of halogens is 3. The smallest absolute Gasteiger partial charge is 0.160 e. The van der Waals surface area contributed by atoms with E-state index in [2.05, 4.69) is 121 Å². The maximum Gasteiger partial charge on any atom is 0.160 e. The molecule has 3 nitrogen and oxygen atoms in total. The summed E-state index contributed by atoms with van der Waals surface area (Å²) in [5.41, 5.74) is 11.9. The molecular formula is C60H39F3N2O. The van der Waals surface area contributed by atoms with Crippen LogP contribution in [0.5, 0.6) is 0 Å². The summed E-state index contributed by atoms with van der Waals surface area (Å²) in [6, 6.07) is 70.0. The molecule has 0 bridgehead atoms. The molecule has 0 saturated carbocycles. The fourth-order valence-corrected chi connectivity index (χ4v) is 10.4. The quantitative estimate of drug-likeness (QED) is 0.152. The van der Waals surface area contributed by atoms with Gasteiger partial charge in [-0.15, -0.1) is 0 Å². The van der Waals surface area contributed by atoms with E-state index >= 15 is 8.78 Å². The molecule has 0 fully saturated rings. The fourth-order valence-electron chi connectivity index (χ4n) is 10.4. The molecule has 0 atom stereocenters. The Morgan fingerprint density at radius 2 is 0.894 bits per heavy atom. The second kappa shape index (κ2) is 15.4. The standard InChI is InChI=1S/C60H39F3N2O/c1-38-26-30-44(31-27-38)65(47-21-13-19-43(63)35-47)54-37-52-58(57-50-24-10-11-25-55(50)66-59(54)57)56-49-23-9-8-22-48(49)53(64(45-32-28-41(61)29-33-45)46-20-12-18-42(62)34-46)36-51(56)60(52,39-14-4-2-5-15-39)40-16-6-3-7-17-40/h2-37H,1H3. The topological polar surface area (TPSA) is 19.6 Å². The van der Waals surface area contributed by atoms with Crippen LogP contribution in [0.25, 0.3) is 43.8 Å². The van der Waals surface area contributed by atoms with Crippen molar-refractivity contribution in [3.63, 3.8) is 0 Å². The van der Waals surface area contributed by atoms with Crippen LogP contribution in [0.4, 0.5) is 47.3 Å². The first-order chi connectivity index (χ1) is 32.4. The first-order valence-corrected chi connectivity index (χ1v) is 22.0. The number of nitrogens with zero attached hydrogens (tertiary/aromatic N) is 2.